The van der Waals surface area contributed by atoms with Gasteiger partial charge in [-0.2, -0.15) is 0 Å². The van der Waals surface area contributed by atoms with Crippen molar-refractivity contribution in [3.05, 3.63) is 53.1 Å². The Kier molecular flexibility index (Phi) is 6.75. The van der Waals surface area contributed by atoms with E-state index in [4.69, 9.17) is 26.4 Å². The first-order valence-electron chi connectivity index (χ1n) is 10.6. The molecule has 7 nitrogen and oxygen atoms in total. The number of benzene rings is 2. The van der Waals surface area contributed by atoms with Crippen molar-refractivity contribution >= 4 is 29.0 Å². The molecule has 0 aliphatic carbocycles. The zero-order chi connectivity index (χ0) is 21.8. The molecule has 0 saturated carbocycles. The molecule has 31 heavy (non-hydrogen) atoms. The van der Waals surface area contributed by atoms with E-state index in [1.54, 1.807) is 12.1 Å². The second-order valence-corrected chi connectivity index (χ2v) is 8.25. The minimum atomic E-state index is -0.221. The Labute approximate surface area is 187 Å². The fourth-order valence-corrected chi connectivity index (χ4v) is 4.04. The van der Waals surface area contributed by atoms with E-state index in [0.717, 1.165) is 30.2 Å². The predicted octanol–water partition coefficient (Wildman–Crippen LogP) is 2.93. The summed E-state index contributed by atoms with van der Waals surface area (Å²) in [5.74, 6) is 1.98. The van der Waals surface area contributed by atoms with E-state index in [0.29, 0.717) is 36.0 Å². The highest BCUT2D eigenvalue weighted by atomic mass is 35.5. The molecule has 1 saturated heterocycles. The Bertz CT molecular complexity index is 981. The number of amides is 1. The van der Waals surface area contributed by atoms with Crippen molar-refractivity contribution < 1.29 is 14.6 Å². The van der Waals surface area contributed by atoms with Crippen LogP contribution in [-0.2, 0) is 4.79 Å². The van der Waals surface area contributed by atoms with Gasteiger partial charge in [-0.1, -0.05) is 30.7 Å². The third-order valence-electron chi connectivity index (χ3n) is 5.65. The molecule has 0 radical (unpaired) electrons. The first kappa shape index (κ1) is 21.6. The van der Waals surface area contributed by atoms with Crippen LogP contribution in [0.3, 0.4) is 0 Å². The Morgan fingerprint density at radius 3 is 3.03 bits per heavy atom. The van der Waals surface area contributed by atoms with Gasteiger partial charge < -0.3 is 25.4 Å². The molecule has 2 aliphatic heterocycles. The Morgan fingerprint density at radius 1 is 1.35 bits per heavy atom. The Balaban J connectivity index is 1.60. The Morgan fingerprint density at radius 2 is 2.19 bits per heavy atom. The number of ether oxygens (including phenoxy) is 1. The summed E-state index contributed by atoms with van der Waals surface area (Å²) < 4.78 is 6.15. The van der Waals surface area contributed by atoms with E-state index >= 15 is 0 Å². The molecule has 2 aliphatic rings. The van der Waals surface area contributed by atoms with Crippen LogP contribution in [0.4, 0.5) is 5.69 Å². The molecule has 2 aromatic rings. The number of para-hydroxylation sites is 1. The van der Waals surface area contributed by atoms with Gasteiger partial charge in [-0.25, -0.2) is 4.99 Å². The molecule has 1 amide bonds. The lowest BCUT2D eigenvalue weighted by Crippen LogP contribution is -2.57. The monoisotopic (exact) mass is 442 g/mol. The molecular weight excluding hydrogens is 416 g/mol. The third kappa shape index (κ3) is 4.84. The number of aliphatic imine (C=N–C) groups is 1. The van der Waals surface area contributed by atoms with Crippen molar-refractivity contribution in [3.63, 3.8) is 0 Å². The first-order chi connectivity index (χ1) is 15.1. The summed E-state index contributed by atoms with van der Waals surface area (Å²) in [6.45, 7) is 4.61. The van der Waals surface area contributed by atoms with Crippen molar-refractivity contribution in [1.29, 1.82) is 0 Å². The molecular formula is C23H27ClN4O3. The number of amidine groups is 1. The molecule has 1 fully saturated rings. The predicted molar refractivity (Wildman–Crippen MR) is 121 cm³/mol. The van der Waals surface area contributed by atoms with Crippen LogP contribution in [0, 0.1) is 5.92 Å². The second-order valence-electron chi connectivity index (χ2n) is 7.81. The molecule has 0 bridgehead atoms. The average molecular weight is 443 g/mol. The second kappa shape index (κ2) is 9.68. The average Bonchev–Trinajstić information content (AvgIpc) is 2.95. The van der Waals surface area contributed by atoms with Crippen LogP contribution >= 0.6 is 11.6 Å². The lowest BCUT2D eigenvalue weighted by Gasteiger charge is -2.38. The topological polar surface area (TPSA) is 86.2 Å². The SMILES string of the molecule is C[C@H](C(=O)NCCCO)[C@@H]1CN(C2=Nc3cc(Cl)ccc3Oc3ccccc32)CCN1. The molecule has 0 spiro atoms. The van der Waals surface area contributed by atoms with Gasteiger partial charge in [0.05, 0.1) is 11.5 Å². The number of nitrogens with one attached hydrogen (secondary N) is 2. The summed E-state index contributed by atoms with van der Waals surface area (Å²) in [4.78, 5) is 19.7. The maximum absolute atomic E-state index is 12.5. The summed E-state index contributed by atoms with van der Waals surface area (Å²) in [6.07, 6.45) is 0.554. The summed E-state index contributed by atoms with van der Waals surface area (Å²) in [5, 5.41) is 15.9. The van der Waals surface area contributed by atoms with E-state index in [1.807, 2.05) is 37.3 Å². The summed E-state index contributed by atoms with van der Waals surface area (Å²) >= 11 is 6.22. The van der Waals surface area contributed by atoms with Crippen molar-refractivity contribution in [2.24, 2.45) is 10.9 Å². The van der Waals surface area contributed by atoms with Crippen LogP contribution < -0.4 is 15.4 Å². The largest absolute Gasteiger partial charge is 0.454 e. The number of hydrogen-bond donors (Lipinski definition) is 3. The maximum atomic E-state index is 12.5. The highest BCUT2D eigenvalue weighted by Gasteiger charge is 2.31. The fraction of sp³-hybridized carbons (Fsp3) is 0.391. The van der Waals surface area contributed by atoms with E-state index in [1.165, 1.54) is 0 Å². The molecule has 2 aromatic carbocycles. The van der Waals surface area contributed by atoms with Crippen LogP contribution in [0.15, 0.2) is 47.5 Å². The van der Waals surface area contributed by atoms with Gasteiger partial charge in [-0.15, -0.1) is 0 Å². The highest BCUT2D eigenvalue weighted by molar-refractivity contribution is 6.31. The number of fused-ring (bicyclic) bond motifs is 2. The quantitative estimate of drug-likeness (QED) is 0.620. The van der Waals surface area contributed by atoms with Crippen LogP contribution in [0.1, 0.15) is 18.9 Å². The van der Waals surface area contributed by atoms with E-state index in [2.05, 4.69) is 15.5 Å². The van der Waals surface area contributed by atoms with Gasteiger partial charge in [0.25, 0.3) is 0 Å². The van der Waals surface area contributed by atoms with Crippen LogP contribution in [0.2, 0.25) is 5.02 Å². The number of aliphatic hydroxyl groups excluding tert-OH is 1. The molecule has 3 N–H and O–H groups in total. The number of aliphatic hydroxyl groups is 1. The van der Waals surface area contributed by atoms with Crippen molar-refractivity contribution in [3.8, 4) is 11.5 Å². The number of nitrogens with zero attached hydrogens (tertiary/aromatic N) is 2. The lowest BCUT2D eigenvalue weighted by atomic mass is 9.98. The molecule has 0 unspecified atom stereocenters. The van der Waals surface area contributed by atoms with Crippen molar-refractivity contribution in [2.45, 2.75) is 19.4 Å². The summed E-state index contributed by atoms with van der Waals surface area (Å²) in [6, 6.07) is 13.3. The molecule has 2 atom stereocenters. The third-order valence-corrected chi connectivity index (χ3v) is 5.89. The minimum Gasteiger partial charge on any atom is -0.454 e. The van der Waals surface area contributed by atoms with E-state index < -0.39 is 0 Å². The van der Waals surface area contributed by atoms with Crippen LogP contribution in [0.5, 0.6) is 11.5 Å². The molecule has 0 aromatic heterocycles. The number of carbonyl (C=O) groups is 1. The smallest absolute Gasteiger partial charge is 0.224 e. The lowest BCUT2D eigenvalue weighted by molar-refractivity contribution is -0.125. The Hall–Kier alpha value is -2.61. The molecule has 4 rings (SSSR count). The number of hydrogen-bond acceptors (Lipinski definition) is 6. The fourth-order valence-electron chi connectivity index (χ4n) is 3.88. The molecule has 8 heteroatoms. The number of piperazine rings is 1. The standard InChI is InChI=1S/C23H27ClN4O3/c1-15(23(30)26-9-4-12-29)19-14-28(11-10-25-19)22-17-5-2-3-6-20(17)31-21-8-7-16(24)13-18(21)27-22/h2-3,5-8,13,15,19,25,29H,4,9-12,14H2,1H3,(H,26,30)/t15-,19-/m0/s1. The van der Waals surface area contributed by atoms with Gasteiger partial charge in [-0.05, 0) is 36.8 Å². The van der Waals surface area contributed by atoms with Crippen LogP contribution in [-0.4, -0.2) is 60.6 Å². The zero-order valence-corrected chi connectivity index (χ0v) is 18.2. The maximum Gasteiger partial charge on any atom is 0.224 e. The molecule has 2 heterocycles. The van der Waals surface area contributed by atoms with Gasteiger partial charge in [0.1, 0.15) is 17.3 Å². The normalized spacial score (nSPS) is 18.7. The van der Waals surface area contributed by atoms with Crippen molar-refractivity contribution in [2.75, 3.05) is 32.8 Å². The van der Waals surface area contributed by atoms with E-state index in [-0.39, 0.29) is 24.5 Å². The number of carbonyl (C=O) groups excluding carboxylic acids is 1. The van der Waals surface area contributed by atoms with Gasteiger partial charge in [0.15, 0.2) is 5.75 Å². The summed E-state index contributed by atoms with van der Waals surface area (Å²) in [5.41, 5.74) is 1.60. The highest BCUT2D eigenvalue weighted by Crippen LogP contribution is 2.39. The number of halogens is 1. The van der Waals surface area contributed by atoms with Crippen LogP contribution in [0.25, 0.3) is 0 Å². The van der Waals surface area contributed by atoms with Gasteiger partial charge in [-0.3, -0.25) is 4.79 Å². The summed E-state index contributed by atoms with van der Waals surface area (Å²) in [7, 11) is 0. The van der Waals surface area contributed by atoms with Gasteiger partial charge in [0.2, 0.25) is 5.91 Å². The first-order valence-corrected chi connectivity index (χ1v) is 11.0. The van der Waals surface area contributed by atoms with Gasteiger partial charge in [0, 0.05) is 43.9 Å². The number of rotatable bonds is 5. The van der Waals surface area contributed by atoms with Crippen molar-refractivity contribution in [1.82, 2.24) is 15.5 Å². The zero-order valence-electron chi connectivity index (χ0n) is 17.5. The van der Waals surface area contributed by atoms with E-state index in [9.17, 15) is 4.79 Å². The van der Waals surface area contributed by atoms with Gasteiger partial charge >= 0.3 is 0 Å². The minimum absolute atomic E-state index is 0.0172. The molecule has 164 valence electrons.